The van der Waals surface area contributed by atoms with Crippen molar-refractivity contribution >= 4 is 59.6 Å². The van der Waals surface area contributed by atoms with Crippen LogP contribution in [0.4, 0.5) is 11.4 Å². The van der Waals surface area contributed by atoms with Crippen molar-refractivity contribution in [3.8, 4) is 5.75 Å². The van der Waals surface area contributed by atoms with Crippen molar-refractivity contribution in [3.63, 3.8) is 0 Å². The van der Waals surface area contributed by atoms with Crippen LogP contribution in [0.15, 0.2) is 28.7 Å². The van der Waals surface area contributed by atoms with Crippen molar-refractivity contribution in [1.29, 1.82) is 0 Å². The van der Waals surface area contributed by atoms with E-state index in [9.17, 15) is 39.6 Å². The molecule has 0 aromatic heterocycles. The van der Waals surface area contributed by atoms with Crippen molar-refractivity contribution < 1.29 is 39.6 Å². The van der Waals surface area contributed by atoms with Gasteiger partial charge in [0.1, 0.15) is 17.1 Å². The van der Waals surface area contributed by atoms with Crippen LogP contribution in [0.3, 0.4) is 0 Å². The highest BCUT2D eigenvalue weighted by molar-refractivity contribution is 6.25. The minimum Gasteiger partial charge on any atom is -0.510 e. The number of aliphatic hydroxyl groups is 3. The summed E-state index contributed by atoms with van der Waals surface area (Å²) in [7, 11) is 10.1. The number of primary amides is 1. The van der Waals surface area contributed by atoms with Crippen LogP contribution in [0, 0.1) is 11.8 Å². The molecule has 3 unspecified atom stereocenters. The van der Waals surface area contributed by atoms with Crippen LogP contribution in [0.2, 0.25) is 0 Å². The Balaban J connectivity index is 0.00000323. The summed E-state index contributed by atoms with van der Waals surface area (Å²) >= 11 is 0. The highest BCUT2D eigenvalue weighted by atomic mass is 35.5. The lowest BCUT2D eigenvalue weighted by Crippen LogP contribution is -2.63. The van der Waals surface area contributed by atoms with Gasteiger partial charge in [0.2, 0.25) is 11.7 Å². The summed E-state index contributed by atoms with van der Waals surface area (Å²) in [5.74, 6) is -7.74. The number of carbonyl (C=O) groups excluding carboxylic acids is 4. The number of phenolic OH excluding ortho intramolecular Hbond substituents is 1. The van der Waals surface area contributed by atoms with E-state index in [1.807, 2.05) is 0 Å². The fourth-order valence-electron chi connectivity index (χ4n) is 6.26. The number of anilines is 2. The van der Waals surface area contributed by atoms with Gasteiger partial charge >= 0.3 is 0 Å². The molecule has 5 atom stereocenters. The third kappa shape index (κ3) is 5.33. The first-order valence-corrected chi connectivity index (χ1v) is 13.1. The first kappa shape index (κ1) is 35.8. The van der Waals surface area contributed by atoms with Crippen LogP contribution < -0.4 is 16.0 Å². The van der Waals surface area contributed by atoms with Crippen LogP contribution in [0.25, 0.3) is 0 Å². The first-order valence-electron chi connectivity index (χ1n) is 13.1. The number of amides is 2. The van der Waals surface area contributed by atoms with E-state index in [4.69, 9.17) is 5.73 Å². The van der Waals surface area contributed by atoms with Gasteiger partial charge in [-0.2, -0.15) is 0 Å². The Morgan fingerprint density at radius 2 is 1.65 bits per heavy atom. The highest BCUT2D eigenvalue weighted by Gasteiger charge is 2.63. The maximum Gasteiger partial charge on any atom is 0.255 e. The fourth-order valence-corrected chi connectivity index (χ4v) is 6.26. The number of fused-ring (bicyclic) bond motifs is 3. The zero-order chi connectivity index (χ0) is 30.9. The molecule has 0 bridgehead atoms. The summed E-state index contributed by atoms with van der Waals surface area (Å²) in [6.07, 6.45) is 0.121. The molecule has 0 spiro atoms. The van der Waals surface area contributed by atoms with Gasteiger partial charge in [0, 0.05) is 31.3 Å². The lowest BCUT2D eigenvalue weighted by Gasteiger charge is -2.50. The Kier molecular flexibility index (Phi) is 10.3. The topological polar surface area (TPSA) is 197 Å². The normalized spacial score (nSPS) is 25.3. The predicted molar refractivity (Wildman–Crippen MR) is 164 cm³/mol. The number of allylic oxidation sites excluding steroid dienone is 1. The van der Waals surface area contributed by atoms with Crippen LogP contribution in [-0.2, 0) is 20.8 Å². The van der Waals surface area contributed by atoms with Gasteiger partial charge in [-0.05, 0) is 65.5 Å². The minimum absolute atomic E-state index is 0. The molecular formula is C28H39Cl2N5O8. The summed E-state index contributed by atoms with van der Waals surface area (Å²) in [6, 6.07) is -0.0653. The SMILES string of the molecule is CC(C(=O)Nc1cc(N(C)C)c2c(c1O)C(=O)C1=C(O)[C@]3(O)C(=O)C(C(N)=O)=C(O)[C@@H](N(C)C)C3CC1C2)N(C)C.Cl.Cl. The number of rotatable bonds is 6. The second kappa shape index (κ2) is 12.3. The Hall–Kier alpha value is -3.36. The Bertz CT molecular complexity index is 1440. The van der Waals surface area contributed by atoms with E-state index >= 15 is 0 Å². The number of nitrogens with two attached hydrogens (primary N) is 1. The summed E-state index contributed by atoms with van der Waals surface area (Å²) in [5, 5.41) is 48.0. The van der Waals surface area contributed by atoms with Gasteiger partial charge in [-0.1, -0.05) is 0 Å². The molecule has 43 heavy (non-hydrogen) atoms. The molecule has 0 saturated heterocycles. The molecule has 1 aromatic carbocycles. The van der Waals surface area contributed by atoms with E-state index in [0.717, 1.165) is 0 Å². The number of aromatic hydroxyl groups is 1. The Labute approximate surface area is 261 Å². The monoisotopic (exact) mass is 643 g/mol. The molecule has 1 aromatic rings. The molecule has 238 valence electrons. The molecule has 15 heteroatoms. The van der Waals surface area contributed by atoms with Gasteiger partial charge in [-0.25, -0.2) is 0 Å². The van der Waals surface area contributed by atoms with Gasteiger partial charge in [0.05, 0.1) is 23.3 Å². The third-order valence-corrected chi connectivity index (χ3v) is 8.59. The number of benzene rings is 1. The number of ketones is 2. The summed E-state index contributed by atoms with van der Waals surface area (Å²) in [5.41, 5.74) is 2.33. The summed E-state index contributed by atoms with van der Waals surface area (Å²) in [6.45, 7) is 1.67. The molecule has 0 aliphatic heterocycles. The first-order chi connectivity index (χ1) is 19.0. The van der Waals surface area contributed by atoms with E-state index in [2.05, 4.69) is 5.32 Å². The van der Waals surface area contributed by atoms with Crippen molar-refractivity contribution in [2.75, 3.05) is 52.5 Å². The quantitative estimate of drug-likeness (QED) is 0.190. The molecule has 0 radical (unpaired) electrons. The van der Waals surface area contributed by atoms with E-state index < -0.39 is 75.7 Å². The fraction of sp³-hybridized carbons (Fsp3) is 0.500. The van der Waals surface area contributed by atoms with Gasteiger partial charge in [0.15, 0.2) is 17.1 Å². The van der Waals surface area contributed by atoms with E-state index in [1.165, 1.54) is 4.90 Å². The summed E-state index contributed by atoms with van der Waals surface area (Å²) in [4.78, 5) is 57.3. The largest absolute Gasteiger partial charge is 0.510 e. The average Bonchev–Trinajstić information content (AvgIpc) is 2.86. The number of likely N-dealkylation sites (N-methyl/N-ethyl adjacent to an activating group) is 2. The van der Waals surface area contributed by atoms with Gasteiger partial charge < -0.3 is 36.4 Å². The average molecular weight is 645 g/mol. The standard InChI is InChI=1S/C28H37N5O8.2ClH/c1-11(31(2)3)27(40)30-15-10-16(32(4)5)13-8-12-9-14-20(33(6)7)23(36)19(26(29)39)25(38)28(14,41)24(37)17(12)22(35)18(13)21(15)34;;/h10-12,14,20,34,36-37,41H,8-9H2,1-7H3,(H2,29,39)(H,30,40);2*1H/t11?,12?,14?,20-,28-;;/m0../s1. The van der Waals surface area contributed by atoms with Crippen LogP contribution in [-0.4, -0.2) is 114 Å². The highest BCUT2D eigenvalue weighted by Crippen LogP contribution is 2.53. The van der Waals surface area contributed by atoms with Gasteiger partial charge in [-0.3, -0.25) is 29.0 Å². The zero-order valence-electron chi connectivity index (χ0n) is 25.0. The van der Waals surface area contributed by atoms with E-state index in [1.54, 1.807) is 65.1 Å². The maximum absolute atomic E-state index is 14.1. The number of aliphatic hydroxyl groups excluding tert-OH is 2. The second-order valence-electron chi connectivity index (χ2n) is 11.6. The van der Waals surface area contributed by atoms with Gasteiger partial charge in [0.25, 0.3) is 5.91 Å². The summed E-state index contributed by atoms with van der Waals surface area (Å²) < 4.78 is 0. The van der Waals surface area contributed by atoms with Crippen LogP contribution in [0.5, 0.6) is 5.75 Å². The zero-order valence-corrected chi connectivity index (χ0v) is 26.6. The third-order valence-electron chi connectivity index (χ3n) is 8.59. The number of phenols is 1. The Morgan fingerprint density at radius 1 is 1.07 bits per heavy atom. The van der Waals surface area contributed by atoms with Crippen molar-refractivity contribution in [3.05, 3.63) is 39.9 Å². The lowest BCUT2D eigenvalue weighted by molar-refractivity contribution is -0.148. The molecule has 0 fully saturated rings. The molecule has 7 N–H and O–H groups in total. The molecule has 3 aliphatic rings. The maximum atomic E-state index is 14.1. The molecule has 2 amide bonds. The molecular weight excluding hydrogens is 605 g/mol. The number of halogens is 2. The number of carbonyl (C=O) groups is 4. The van der Waals surface area contributed by atoms with E-state index in [0.29, 0.717) is 11.3 Å². The smallest absolute Gasteiger partial charge is 0.255 e. The number of nitrogens with one attached hydrogen (secondary N) is 1. The number of nitrogens with zero attached hydrogens (tertiary/aromatic N) is 3. The van der Waals surface area contributed by atoms with Crippen molar-refractivity contribution in [1.82, 2.24) is 9.80 Å². The van der Waals surface area contributed by atoms with Crippen LogP contribution >= 0.6 is 24.8 Å². The molecule has 13 nitrogen and oxygen atoms in total. The molecule has 0 saturated carbocycles. The molecule has 4 rings (SSSR count). The molecule has 3 aliphatic carbocycles. The number of Topliss-reactive ketones (excluding diaryl/α,β-unsaturated/α-hetero) is 2. The van der Waals surface area contributed by atoms with Crippen LogP contribution in [0.1, 0.15) is 29.3 Å². The van der Waals surface area contributed by atoms with Crippen molar-refractivity contribution in [2.45, 2.75) is 37.5 Å². The Morgan fingerprint density at radius 3 is 2.14 bits per heavy atom. The predicted octanol–water partition coefficient (Wildman–Crippen LogP) is 0.919. The minimum atomic E-state index is -2.72. The van der Waals surface area contributed by atoms with Gasteiger partial charge in [-0.15, -0.1) is 24.8 Å². The van der Waals surface area contributed by atoms with Crippen molar-refractivity contribution in [2.24, 2.45) is 17.6 Å². The lowest BCUT2D eigenvalue weighted by atomic mass is 9.58. The molecule has 0 heterocycles. The van der Waals surface area contributed by atoms with E-state index in [-0.39, 0.29) is 54.5 Å². The number of hydrogen-bond donors (Lipinski definition) is 6. The number of hydrogen-bond acceptors (Lipinski definition) is 11. The second-order valence-corrected chi connectivity index (χ2v) is 11.6.